The second-order valence-corrected chi connectivity index (χ2v) is 6.13. The molecule has 0 aliphatic carbocycles. The molecule has 0 fully saturated rings. The van der Waals surface area contributed by atoms with Crippen LogP contribution in [0.1, 0.15) is 12.5 Å². The molecule has 0 unspecified atom stereocenters. The Labute approximate surface area is 155 Å². The molecule has 9 heteroatoms. The molecule has 0 saturated carbocycles. The monoisotopic (exact) mass is 381 g/mol. The predicted octanol–water partition coefficient (Wildman–Crippen LogP) is -1.41. The molecule has 27 heavy (non-hydrogen) atoms. The van der Waals surface area contributed by atoms with E-state index in [1.54, 1.807) is 0 Å². The minimum absolute atomic E-state index is 0.0939. The number of hydrogen-bond donors (Lipinski definition) is 5. The number of cyclic esters (lactones) is 1. The second kappa shape index (κ2) is 9.47. The molecule has 1 aliphatic rings. The number of esters is 1. The molecule has 5 N–H and O–H groups in total. The Kier molecular flexibility index (Phi) is 7.31. The maximum atomic E-state index is 12.0. The van der Waals surface area contributed by atoms with Crippen LogP contribution < -0.4 is 5.32 Å². The number of carbonyl (C=O) groups excluding carboxylic acids is 2. The summed E-state index contributed by atoms with van der Waals surface area (Å²) in [7, 11) is 0. The molecule has 9 nitrogen and oxygen atoms in total. The van der Waals surface area contributed by atoms with Gasteiger partial charge in [0, 0.05) is 13.0 Å². The lowest BCUT2D eigenvalue weighted by Crippen LogP contribution is -2.57. The first-order chi connectivity index (χ1) is 12.8. The van der Waals surface area contributed by atoms with Gasteiger partial charge in [0.1, 0.15) is 31.0 Å². The van der Waals surface area contributed by atoms with Crippen LogP contribution in [0, 0.1) is 0 Å². The van der Waals surface area contributed by atoms with Crippen molar-refractivity contribution in [3.8, 4) is 0 Å². The zero-order chi connectivity index (χ0) is 20.0. The quantitative estimate of drug-likeness (QED) is 0.328. The zero-order valence-electron chi connectivity index (χ0n) is 14.7. The van der Waals surface area contributed by atoms with Crippen LogP contribution in [0.3, 0.4) is 0 Å². The van der Waals surface area contributed by atoms with Gasteiger partial charge in [-0.1, -0.05) is 30.3 Å². The van der Waals surface area contributed by atoms with Crippen molar-refractivity contribution >= 4 is 11.9 Å². The minimum Gasteiger partial charge on any atom is -0.482 e. The first kappa shape index (κ1) is 20.8. The standard InChI is InChI=1S/C18H23NO8/c1-10(21)19-15(17(24)16(23)12(22)8-20)13-7-14(18(25)27-13)26-9-11-5-3-2-4-6-11/h2-7,12-13,15-17,20,22-24H,8-9H2,1H3,(H,19,21)/t12-,13+,15-,16-,17-/m1/s1. The summed E-state index contributed by atoms with van der Waals surface area (Å²) in [5, 5.41) is 41.0. The van der Waals surface area contributed by atoms with Gasteiger partial charge in [0.2, 0.25) is 11.7 Å². The van der Waals surface area contributed by atoms with Crippen molar-refractivity contribution in [2.24, 2.45) is 0 Å². The third-order valence-electron chi connectivity index (χ3n) is 4.02. The van der Waals surface area contributed by atoms with Gasteiger partial charge in [-0.15, -0.1) is 0 Å². The van der Waals surface area contributed by atoms with Crippen LogP contribution in [-0.4, -0.2) is 69.4 Å². The van der Waals surface area contributed by atoms with E-state index in [0.717, 1.165) is 5.56 Å². The third kappa shape index (κ3) is 5.51. The molecular formula is C18H23NO8. The number of hydrogen-bond acceptors (Lipinski definition) is 8. The Hall–Kier alpha value is -2.46. The lowest BCUT2D eigenvalue weighted by molar-refractivity contribution is -0.149. The molecule has 0 aromatic heterocycles. The summed E-state index contributed by atoms with van der Waals surface area (Å²) in [6, 6.07) is 7.86. The van der Waals surface area contributed by atoms with Crippen molar-refractivity contribution in [2.45, 2.75) is 44.0 Å². The summed E-state index contributed by atoms with van der Waals surface area (Å²) in [6.45, 7) is 0.506. The Bertz CT molecular complexity index is 677. The maximum Gasteiger partial charge on any atom is 0.374 e. The number of nitrogens with one attached hydrogen (secondary N) is 1. The summed E-state index contributed by atoms with van der Waals surface area (Å²) in [4.78, 5) is 23.5. The lowest BCUT2D eigenvalue weighted by atomic mass is 9.96. The molecule has 5 atom stereocenters. The highest BCUT2D eigenvalue weighted by molar-refractivity contribution is 5.89. The number of ether oxygens (including phenoxy) is 2. The lowest BCUT2D eigenvalue weighted by Gasteiger charge is -2.31. The van der Waals surface area contributed by atoms with E-state index in [1.807, 2.05) is 30.3 Å². The molecule has 0 spiro atoms. The van der Waals surface area contributed by atoms with Crippen LogP contribution in [-0.2, 0) is 25.7 Å². The summed E-state index contributed by atoms with van der Waals surface area (Å²) < 4.78 is 10.6. The summed E-state index contributed by atoms with van der Waals surface area (Å²) in [5.41, 5.74) is 0.828. The van der Waals surface area contributed by atoms with Crippen molar-refractivity contribution in [1.82, 2.24) is 5.32 Å². The van der Waals surface area contributed by atoms with E-state index in [2.05, 4.69) is 5.32 Å². The zero-order valence-corrected chi connectivity index (χ0v) is 14.7. The Morgan fingerprint density at radius 2 is 1.89 bits per heavy atom. The molecule has 0 saturated heterocycles. The van der Waals surface area contributed by atoms with Gasteiger partial charge in [-0.05, 0) is 5.56 Å². The number of aliphatic hydroxyl groups excluding tert-OH is 4. The fraction of sp³-hybridized carbons (Fsp3) is 0.444. The highest BCUT2D eigenvalue weighted by Gasteiger charge is 2.41. The van der Waals surface area contributed by atoms with E-state index in [-0.39, 0.29) is 12.4 Å². The van der Waals surface area contributed by atoms with Gasteiger partial charge < -0.3 is 35.2 Å². The molecule has 0 radical (unpaired) electrons. The van der Waals surface area contributed by atoms with Gasteiger partial charge >= 0.3 is 5.97 Å². The van der Waals surface area contributed by atoms with Gasteiger partial charge in [0.25, 0.3) is 0 Å². The van der Waals surface area contributed by atoms with Crippen molar-refractivity contribution < 1.29 is 39.5 Å². The Balaban J connectivity index is 2.12. The van der Waals surface area contributed by atoms with E-state index in [1.165, 1.54) is 13.0 Å². The van der Waals surface area contributed by atoms with Gasteiger partial charge in [-0.2, -0.15) is 0 Å². The van der Waals surface area contributed by atoms with Gasteiger partial charge in [0.05, 0.1) is 12.6 Å². The summed E-state index contributed by atoms with van der Waals surface area (Å²) in [6.07, 6.45) is -4.95. The highest BCUT2D eigenvalue weighted by atomic mass is 16.6. The van der Waals surface area contributed by atoms with Crippen LogP contribution in [0.5, 0.6) is 0 Å². The molecule has 0 bridgehead atoms. The average Bonchev–Trinajstić information content (AvgIpc) is 3.03. The average molecular weight is 381 g/mol. The number of aliphatic hydroxyl groups is 4. The van der Waals surface area contributed by atoms with Crippen molar-refractivity contribution in [1.29, 1.82) is 0 Å². The SMILES string of the molecule is CC(=O)N[C@@H]([C@@H](O)[C@H](O)[C@H](O)CO)[C@@H]1C=C(OCc2ccccc2)C(=O)O1. The Morgan fingerprint density at radius 1 is 1.22 bits per heavy atom. The smallest absolute Gasteiger partial charge is 0.374 e. The molecule has 2 rings (SSSR count). The largest absolute Gasteiger partial charge is 0.482 e. The van der Waals surface area contributed by atoms with E-state index in [0.29, 0.717) is 0 Å². The molecule has 1 aromatic carbocycles. The third-order valence-corrected chi connectivity index (χ3v) is 4.02. The maximum absolute atomic E-state index is 12.0. The van der Waals surface area contributed by atoms with Crippen LogP contribution >= 0.6 is 0 Å². The molecule has 148 valence electrons. The van der Waals surface area contributed by atoms with Gasteiger partial charge in [0.15, 0.2) is 0 Å². The van der Waals surface area contributed by atoms with Crippen molar-refractivity contribution in [3.63, 3.8) is 0 Å². The first-order valence-corrected chi connectivity index (χ1v) is 8.35. The fourth-order valence-corrected chi connectivity index (χ4v) is 2.60. The normalized spacial score (nSPS) is 20.9. The summed E-state index contributed by atoms with van der Waals surface area (Å²) in [5.74, 6) is -1.42. The number of rotatable bonds is 9. The molecule has 1 heterocycles. The first-order valence-electron chi connectivity index (χ1n) is 8.35. The molecule has 1 aromatic rings. The number of benzene rings is 1. The van der Waals surface area contributed by atoms with E-state index >= 15 is 0 Å². The number of carbonyl (C=O) groups is 2. The number of amides is 1. The minimum atomic E-state index is -1.77. The second-order valence-electron chi connectivity index (χ2n) is 6.13. The fourth-order valence-electron chi connectivity index (χ4n) is 2.60. The van der Waals surface area contributed by atoms with E-state index in [9.17, 15) is 24.9 Å². The van der Waals surface area contributed by atoms with Crippen LogP contribution in [0.25, 0.3) is 0 Å². The van der Waals surface area contributed by atoms with Crippen LogP contribution in [0.4, 0.5) is 0 Å². The van der Waals surface area contributed by atoms with Crippen molar-refractivity contribution in [2.75, 3.05) is 6.61 Å². The van der Waals surface area contributed by atoms with Crippen LogP contribution in [0.15, 0.2) is 42.2 Å². The van der Waals surface area contributed by atoms with Crippen LogP contribution in [0.2, 0.25) is 0 Å². The highest BCUT2D eigenvalue weighted by Crippen LogP contribution is 2.22. The van der Waals surface area contributed by atoms with Crippen molar-refractivity contribution in [3.05, 3.63) is 47.7 Å². The molecule has 1 amide bonds. The van der Waals surface area contributed by atoms with E-state index in [4.69, 9.17) is 14.6 Å². The van der Waals surface area contributed by atoms with E-state index < -0.39 is 48.9 Å². The predicted molar refractivity (Wildman–Crippen MR) is 91.9 cm³/mol. The molecular weight excluding hydrogens is 358 g/mol. The Morgan fingerprint density at radius 3 is 2.48 bits per heavy atom. The topological polar surface area (TPSA) is 146 Å². The van der Waals surface area contributed by atoms with Gasteiger partial charge in [-0.3, -0.25) is 4.79 Å². The van der Waals surface area contributed by atoms with Gasteiger partial charge in [-0.25, -0.2) is 4.79 Å². The summed E-state index contributed by atoms with van der Waals surface area (Å²) >= 11 is 0. The molecule has 1 aliphatic heterocycles.